The van der Waals surface area contributed by atoms with E-state index >= 15 is 0 Å². The Bertz CT molecular complexity index is 961. The molecule has 2 N–H and O–H groups in total. The van der Waals surface area contributed by atoms with Gasteiger partial charge in [0, 0.05) is 31.0 Å². The molecule has 3 aromatic rings. The first-order chi connectivity index (χ1) is 14.2. The number of pyridine rings is 1. The van der Waals surface area contributed by atoms with E-state index in [1.54, 1.807) is 12.3 Å². The smallest absolute Gasteiger partial charge is 0.270 e. The number of nitrogens with one attached hydrogen (secondary N) is 2. The first kappa shape index (κ1) is 19.0. The summed E-state index contributed by atoms with van der Waals surface area (Å²) in [4.78, 5) is 19.1. The number of nitrogens with zero attached hydrogens (tertiary/aromatic N) is 2. The fourth-order valence-corrected chi connectivity index (χ4v) is 3.57. The molecular weight excluding hydrogens is 360 g/mol. The number of amides is 1. The summed E-state index contributed by atoms with van der Waals surface area (Å²) < 4.78 is 0. The Balaban J connectivity index is 1.33. The summed E-state index contributed by atoms with van der Waals surface area (Å²) in [6.07, 6.45) is 4.24. The SMILES string of the molecule is Cc1ccccc1CNC(=O)c1ccc(Nc2ccc(N3CCCC3)cc2)cn1. The number of aromatic nitrogens is 1. The Morgan fingerprint density at radius 1 is 0.966 bits per heavy atom. The lowest BCUT2D eigenvalue weighted by molar-refractivity contribution is 0.0946. The maximum atomic E-state index is 12.4. The standard InChI is InChI=1S/C24H26N4O/c1-18-6-2-3-7-19(18)16-26-24(29)23-13-10-21(17-25-23)27-20-8-11-22(12-9-20)28-14-4-5-15-28/h2-3,6-13,17,27H,4-5,14-16H2,1H3,(H,26,29). The number of aryl methyl sites for hydroxylation is 1. The van der Waals surface area contributed by atoms with Gasteiger partial charge in [-0.25, -0.2) is 4.98 Å². The number of benzene rings is 2. The van der Waals surface area contributed by atoms with Gasteiger partial charge in [-0.3, -0.25) is 4.79 Å². The summed E-state index contributed by atoms with van der Waals surface area (Å²) in [5, 5.41) is 6.27. The van der Waals surface area contributed by atoms with Crippen LogP contribution in [-0.4, -0.2) is 24.0 Å². The van der Waals surface area contributed by atoms with Crippen LogP contribution in [0.15, 0.2) is 66.9 Å². The van der Waals surface area contributed by atoms with Crippen molar-refractivity contribution >= 4 is 23.0 Å². The molecule has 2 aromatic carbocycles. The molecule has 29 heavy (non-hydrogen) atoms. The summed E-state index contributed by atoms with van der Waals surface area (Å²) in [6, 6.07) is 20.1. The molecule has 1 fully saturated rings. The van der Waals surface area contributed by atoms with Crippen molar-refractivity contribution in [1.29, 1.82) is 0 Å². The van der Waals surface area contributed by atoms with Crippen molar-refractivity contribution in [2.24, 2.45) is 0 Å². The predicted octanol–water partition coefficient (Wildman–Crippen LogP) is 4.66. The second kappa shape index (κ2) is 8.78. The lowest BCUT2D eigenvalue weighted by Crippen LogP contribution is -2.24. The third kappa shape index (κ3) is 4.74. The number of anilines is 3. The highest BCUT2D eigenvalue weighted by molar-refractivity contribution is 5.92. The zero-order valence-electron chi connectivity index (χ0n) is 16.7. The van der Waals surface area contributed by atoms with Crippen molar-refractivity contribution in [3.05, 3.63) is 83.7 Å². The quantitative estimate of drug-likeness (QED) is 0.647. The molecule has 1 aliphatic rings. The largest absolute Gasteiger partial charge is 0.372 e. The molecule has 5 heteroatoms. The van der Waals surface area contributed by atoms with Crippen molar-refractivity contribution in [1.82, 2.24) is 10.3 Å². The van der Waals surface area contributed by atoms with Crippen LogP contribution in [0.5, 0.6) is 0 Å². The highest BCUT2D eigenvalue weighted by Crippen LogP contribution is 2.23. The van der Waals surface area contributed by atoms with Gasteiger partial charge in [0.25, 0.3) is 5.91 Å². The summed E-state index contributed by atoms with van der Waals surface area (Å²) in [7, 11) is 0. The molecule has 0 aliphatic carbocycles. The molecule has 0 atom stereocenters. The predicted molar refractivity (Wildman–Crippen MR) is 118 cm³/mol. The van der Waals surface area contributed by atoms with Gasteiger partial charge < -0.3 is 15.5 Å². The van der Waals surface area contributed by atoms with E-state index in [9.17, 15) is 4.79 Å². The van der Waals surface area contributed by atoms with E-state index in [2.05, 4.69) is 44.8 Å². The number of carbonyl (C=O) groups excluding carboxylic acids is 1. The Kier molecular flexibility index (Phi) is 5.75. The van der Waals surface area contributed by atoms with Crippen LogP contribution in [0.3, 0.4) is 0 Å². The van der Waals surface area contributed by atoms with Crippen LogP contribution in [0, 0.1) is 6.92 Å². The molecule has 0 bridgehead atoms. The van der Waals surface area contributed by atoms with E-state index in [0.29, 0.717) is 12.2 Å². The van der Waals surface area contributed by atoms with Gasteiger partial charge in [-0.2, -0.15) is 0 Å². The molecule has 0 saturated carbocycles. The van der Waals surface area contributed by atoms with Crippen LogP contribution in [-0.2, 0) is 6.54 Å². The number of carbonyl (C=O) groups is 1. The third-order valence-electron chi connectivity index (χ3n) is 5.32. The highest BCUT2D eigenvalue weighted by atomic mass is 16.1. The van der Waals surface area contributed by atoms with Gasteiger partial charge in [0.15, 0.2) is 0 Å². The summed E-state index contributed by atoms with van der Waals surface area (Å²) in [5.74, 6) is -0.172. The molecular formula is C24H26N4O. The number of rotatable bonds is 6. The van der Waals surface area contributed by atoms with Gasteiger partial charge in [-0.05, 0) is 67.3 Å². The summed E-state index contributed by atoms with van der Waals surface area (Å²) in [6.45, 7) is 4.82. The van der Waals surface area contributed by atoms with Crippen molar-refractivity contribution < 1.29 is 4.79 Å². The average molecular weight is 386 g/mol. The van der Waals surface area contributed by atoms with Gasteiger partial charge in [0.05, 0.1) is 11.9 Å². The van der Waals surface area contributed by atoms with Gasteiger partial charge in [0.2, 0.25) is 0 Å². The maximum absolute atomic E-state index is 12.4. The molecule has 1 saturated heterocycles. The molecule has 2 heterocycles. The summed E-state index contributed by atoms with van der Waals surface area (Å²) in [5.41, 5.74) is 5.81. The van der Waals surface area contributed by atoms with Crippen LogP contribution in [0.25, 0.3) is 0 Å². The second-order valence-corrected chi connectivity index (χ2v) is 7.41. The van der Waals surface area contributed by atoms with E-state index < -0.39 is 0 Å². The topological polar surface area (TPSA) is 57.3 Å². The third-order valence-corrected chi connectivity index (χ3v) is 5.32. The van der Waals surface area contributed by atoms with Crippen molar-refractivity contribution in [3.63, 3.8) is 0 Å². The van der Waals surface area contributed by atoms with E-state index in [0.717, 1.165) is 35.6 Å². The van der Waals surface area contributed by atoms with Crippen molar-refractivity contribution in [3.8, 4) is 0 Å². The molecule has 5 nitrogen and oxygen atoms in total. The molecule has 148 valence electrons. The Labute approximate surface area is 171 Å². The normalized spacial score (nSPS) is 13.3. The monoisotopic (exact) mass is 386 g/mol. The fraction of sp³-hybridized carbons (Fsp3) is 0.250. The molecule has 4 rings (SSSR count). The Hall–Kier alpha value is -3.34. The van der Waals surface area contributed by atoms with E-state index in [1.165, 1.54) is 18.5 Å². The molecule has 1 aliphatic heterocycles. The maximum Gasteiger partial charge on any atom is 0.270 e. The average Bonchev–Trinajstić information content (AvgIpc) is 3.29. The van der Waals surface area contributed by atoms with Gasteiger partial charge in [-0.1, -0.05) is 24.3 Å². The van der Waals surface area contributed by atoms with E-state index in [4.69, 9.17) is 0 Å². The van der Waals surface area contributed by atoms with Crippen LogP contribution in [0.4, 0.5) is 17.1 Å². The second-order valence-electron chi connectivity index (χ2n) is 7.41. The first-order valence-corrected chi connectivity index (χ1v) is 10.1. The zero-order chi connectivity index (χ0) is 20.1. The molecule has 0 spiro atoms. The lowest BCUT2D eigenvalue weighted by Gasteiger charge is -2.18. The number of hydrogen-bond acceptors (Lipinski definition) is 4. The van der Waals surface area contributed by atoms with Crippen LogP contribution < -0.4 is 15.5 Å². The van der Waals surface area contributed by atoms with Crippen LogP contribution in [0.1, 0.15) is 34.5 Å². The van der Waals surface area contributed by atoms with Gasteiger partial charge in [-0.15, -0.1) is 0 Å². The Morgan fingerprint density at radius 3 is 2.38 bits per heavy atom. The van der Waals surface area contributed by atoms with Crippen LogP contribution in [0.2, 0.25) is 0 Å². The molecule has 0 radical (unpaired) electrons. The highest BCUT2D eigenvalue weighted by Gasteiger charge is 2.12. The van der Waals surface area contributed by atoms with Crippen molar-refractivity contribution in [2.75, 3.05) is 23.3 Å². The zero-order valence-corrected chi connectivity index (χ0v) is 16.7. The Morgan fingerprint density at radius 2 is 1.69 bits per heavy atom. The minimum atomic E-state index is -0.172. The minimum absolute atomic E-state index is 0.172. The van der Waals surface area contributed by atoms with E-state index in [-0.39, 0.29) is 5.91 Å². The number of hydrogen-bond donors (Lipinski definition) is 2. The molecule has 0 unspecified atom stereocenters. The summed E-state index contributed by atoms with van der Waals surface area (Å²) >= 11 is 0. The first-order valence-electron chi connectivity index (χ1n) is 10.1. The van der Waals surface area contributed by atoms with Gasteiger partial charge in [0.1, 0.15) is 5.69 Å². The fourth-order valence-electron chi connectivity index (χ4n) is 3.57. The van der Waals surface area contributed by atoms with Crippen LogP contribution >= 0.6 is 0 Å². The van der Waals surface area contributed by atoms with E-state index in [1.807, 2.05) is 37.3 Å². The lowest BCUT2D eigenvalue weighted by atomic mass is 10.1. The van der Waals surface area contributed by atoms with Crippen molar-refractivity contribution in [2.45, 2.75) is 26.3 Å². The molecule has 1 amide bonds. The van der Waals surface area contributed by atoms with Gasteiger partial charge >= 0.3 is 0 Å². The minimum Gasteiger partial charge on any atom is -0.372 e. The molecule has 1 aromatic heterocycles.